The molecule has 2 aromatic carbocycles. The summed E-state index contributed by atoms with van der Waals surface area (Å²) >= 11 is 0. The molecular weight excluding hydrogens is 324 g/mol. The van der Waals surface area contributed by atoms with Gasteiger partial charge in [-0.15, -0.1) is 0 Å². The van der Waals surface area contributed by atoms with Crippen molar-refractivity contribution in [1.82, 2.24) is 9.78 Å². The van der Waals surface area contributed by atoms with Gasteiger partial charge in [-0.1, -0.05) is 68.8 Å². The van der Waals surface area contributed by atoms with E-state index in [-0.39, 0.29) is 11.4 Å². The summed E-state index contributed by atoms with van der Waals surface area (Å²) in [6, 6.07) is 19.7. The van der Waals surface area contributed by atoms with Crippen LogP contribution in [0.5, 0.6) is 5.88 Å². The maximum Gasteiger partial charge on any atom is 0.313 e. The summed E-state index contributed by atoms with van der Waals surface area (Å²) in [5, 5.41) is 4.67. The highest BCUT2D eigenvalue weighted by molar-refractivity contribution is 5.73. The molecule has 0 aliphatic carbocycles. The van der Waals surface area contributed by atoms with E-state index >= 15 is 0 Å². The van der Waals surface area contributed by atoms with Crippen LogP contribution < -0.4 is 4.74 Å². The molecular formula is C22H24N2O2. The molecule has 0 spiro atoms. The standard InChI is InChI=1S/C22H24N2O2/c1-16-10-12-18(13-11-16)24-20(26-21(25)15-22(2,3)4)14-19(23-24)17-8-6-5-7-9-17/h5-14H,15H2,1-4H3. The fraction of sp³-hybridized carbons (Fsp3) is 0.273. The fourth-order valence-corrected chi connectivity index (χ4v) is 2.64. The lowest BCUT2D eigenvalue weighted by atomic mass is 9.92. The second kappa shape index (κ2) is 7.16. The number of hydrogen-bond acceptors (Lipinski definition) is 3. The smallest absolute Gasteiger partial charge is 0.313 e. The molecule has 0 aliphatic rings. The van der Waals surface area contributed by atoms with Crippen LogP contribution in [0.15, 0.2) is 60.7 Å². The summed E-state index contributed by atoms with van der Waals surface area (Å²) in [6.45, 7) is 8.08. The van der Waals surface area contributed by atoms with Gasteiger partial charge in [0.1, 0.15) is 0 Å². The first-order chi connectivity index (χ1) is 12.3. The lowest BCUT2D eigenvalue weighted by Gasteiger charge is -2.16. The Hall–Kier alpha value is -2.88. The van der Waals surface area contributed by atoms with E-state index in [1.165, 1.54) is 0 Å². The van der Waals surface area contributed by atoms with Crippen molar-refractivity contribution in [2.24, 2.45) is 5.41 Å². The molecule has 0 atom stereocenters. The highest BCUT2D eigenvalue weighted by Gasteiger charge is 2.20. The maximum atomic E-state index is 12.3. The summed E-state index contributed by atoms with van der Waals surface area (Å²) in [5.74, 6) is 0.173. The Labute approximate surface area is 154 Å². The van der Waals surface area contributed by atoms with Crippen LogP contribution in [0.25, 0.3) is 16.9 Å². The van der Waals surface area contributed by atoms with Crippen LogP contribution >= 0.6 is 0 Å². The van der Waals surface area contributed by atoms with Crippen LogP contribution in [-0.2, 0) is 4.79 Å². The van der Waals surface area contributed by atoms with Gasteiger partial charge < -0.3 is 4.74 Å². The van der Waals surface area contributed by atoms with E-state index in [4.69, 9.17) is 4.74 Å². The molecule has 0 saturated carbocycles. The minimum Gasteiger partial charge on any atom is -0.407 e. The van der Waals surface area contributed by atoms with Gasteiger partial charge in [-0.3, -0.25) is 4.79 Å². The maximum absolute atomic E-state index is 12.3. The van der Waals surface area contributed by atoms with Crippen molar-refractivity contribution >= 4 is 5.97 Å². The Bertz CT molecular complexity index is 888. The van der Waals surface area contributed by atoms with E-state index in [1.54, 1.807) is 4.68 Å². The van der Waals surface area contributed by atoms with Crippen LogP contribution in [0.3, 0.4) is 0 Å². The van der Waals surface area contributed by atoms with E-state index in [0.29, 0.717) is 12.3 Å². The van der Waals surface area contributed by atoms with Gasteiger partial charge in [0.05, 0.1) is 17.8 Å². The van der Waals surface area contributed by atoms with Gasteiger partial charge in [0.15, 0.2) is 0 Å². The largest absolute Gasteiger partial charge is 0.407 e. The molecule has 0 amide bonds. The third kappa shape index (κ3) is 4.39. The molecule has 3 aromatic rings. The number of esters is 1. The minimum absolute atomic E-state index is 0.131. The van der Waals surface area contributed by atoms with Crippen LogP contribution in [0.1, 0.15) is 32.8 Å². The van der Waals surface area contributed by atoms with Crippen molar-refractivity contribution in [2.45, 2.75) is 34.1 Å². The number of benzene rings is 2. The molecule has 0 bridgehead atoms. The van der Waals surface area contributed by atoms with Gasteiger partial charge in [-0.05, 0) is 24.5 Å². The predicted octanol–water partition coefficient (Wildman–Crippen LogP) is 5.19. The molecule has 1 aromatic heterocycles. The zero-order valence-corrected chi connectivity index (χ0v) is 15.7. The quantitative estimate of drug-likeness (QED) is 0.610. The number of hydrogen-bond donors (Lipinski definition) is 0. The van der Waals surface area contributed by atoms with Gasteiger partial charge in [-0.2, -0.15) is 5.10 Å². The zero-order valence-electron chi connectivity index (χ0n) is 15.7. The van der Waals surface area contributed by atoms with Crippen molar-refractivity contribution < 1.29 is 9.53 Å². The van der Waals surface area contributed by atoms with Gasteiger partial charge in [-0.25, -0.2) is 4.68 Å². The third-order valence-electron chi connectivity index (χ3n) is 3.92. The SMILES string of the molecule is Cc1ccc(-n2nc(-c3ccccc3)cc2OC(=O)CC(C)(C)C)cc1. The highest BCUT2D eigenvalue weighted by atomic mass is 16.5. The van der Waals surface area contributed by atoms with Gasteiger partial charge in [0.2, 0.25) is 5.88 Å². The Morgan fingerprint density at radius 3 is 2.31 bits per heavy atom. The summed E-state index contributed by atoms with van der Waals surface area (Å²) in [5.41, 5.74) is 3.64. The van der Waals surface area contributed by atoms with Gasteiger partial charge in [0, 0.05) is 11.6 Å². The first-order valence-electron chi connectivity index (χ1n) is 8.75. The number of aromatic nitrogens is 2. The second-order valence-electron chi connectivity index (χ2n) is 7.69. The van der Waals surface area contributed by atoms with Gasteiger partial charge >= 0.3 is 5.97 Å². The van der Waals surface area contributed by atoms with Crippen molar-refractivity contribution in [3.8, 4) is 22.8 Å². The van der Waals surface area contributed by atoms with Crippen molar-refractivity contribution in [1.29, 1.82) is 0 Å². The molecule has 0 fully saturated rings. The Morgan fingerprint density at radius 1 is 1.04 bits per heavy atom. The molecule has 3 rings (SSSR count). The van der Waals surface area contributed by atoms with E-state index in [9.17, 15) is 4.79 Å². The zero-order chi connectivity index (χ0) is 18.7. The minimum atomic E-state index is -0.259. The van der Waals surface area contributed by atoms with E-state index < -0.39 is 0 Å². The number of ether oxygens (including phenoxy) is 1. The molecule has 0 radical (unpaired) electrons. The molecule has 134 valence electrons. The Balaban J connectivity index is 1.99. The van der Waals surface area contributed by atoms with Crippen LogP contribution in [0, 0.1) is 12.3 Å². The Morgan fingerprint density at radius 2 is 1.69 bits per heavy atom. The average Bonchev–Trinajstić information content (AvgIpc) is 2.98. The summed E-state index contributed by atoms with van der Waals surface area (Å²) in [7, 11) is 0. The number of nitrogens with zero attached hydrogens (tertiary/aromatic N) is 2. The number of carbonyl (C=O) groups excluding carboxylic acids is 1. The summed E-state index contributed by atoms with van der Waals surface area (Å²) in [6.07, 6.45) is 0.340. The molecule has 26 heavy (non-hydrogen) atoms. The van der Waals surface area contributed by atoms with E-state index in [1.807, 2.05) is 88.4 Å². The van der Waals surface area contributed by atoms with Crippen molar-refractivity contribution in [2.75, 3.05) is 0 Å². The Kier molecular flexibility index (Phi) is 4.94. The van der Waals surface area contributed by atoms with Gasteiger partial charge in [0.25, 0.3) is 0 Å². The lowest BCUT2D eigenvalue weighted by molar-refractivity contribution is -0.136. The number of rotatable bonds is 4. The molecule has 0 N–H and O–H groups in total. The van der Waals surface area contributed by atoms with Crippen molar-refractivity contribution in [3.05, 3.63) is 66.2 Å². The molecule has 4 nitrogen and oxygen atoms in total. The lowest BCUT2D eigenvalue weighted by Crippen LogP contribution is -2.18. The van der Waals surface area contributed by atoms with Crippen LogP contribution in [0.4, 0.5) is 0 Å². The molecule has 0 unspecified atom stereocenters. The number of carbonyl (C=O) groups is 1. The monoisotopic (exact) mass is 348 g/mol. The van der Waals surface area contributed by atoms with Crippen LogP contribution in [0.2, 0.25) is 0 Å². The predicted molar refractivity (Wildman–Crippen MR) is 103 cm³/mol. The van der Waals surface area contributed by atoms with E-state index in [2.05, 4.69) is 5.10 Å². The molecule has 1 heterocycles. The molecule has 4 heteroatoms. The topological polar surface area (TPSA) is 44.1 Å². The summed E-state index contributed by atoms with van der Waals surface area (Å²) < 4.78 is 7.35. The average molecular weight is 348 g/mol. The fourth-order valence-electron chi connectivity index (χ4n) is 2.64. The summed E-state index contributed by atoms with van der Waals surface area (Å²) in [4.78, 5) is 12.3. The number of aryl methyl sites for hydroxylation is 1. The molecule has 0 aliphatic heterocycles. The first-order valence-corrected chi connectivity index (χ1v) is 8.75. The third-order valence-corrected chi connectivity index (χ3v) is 3.92. The second-order valence-corrected chi connectivity index (χ2v) is 7.69. The first kappa shape index (κ1) is 17.9. The normalized spacial score (nSPS) is 11.4. The molecule has 0 saturated heterocycles. The van der Waals surface area contributed by atoms with E-state index in [0.717, 1.165) is 22.5 Å². The highest BCUT2D eigenvalue weighted by Crippen LogP contribution is 2.28. The van der Waals surface area contributed by atoms with Crippen LogP contribution in [-0.4, -0.2) is 15.7 Å². The van der Waals surface area contributed by atoms with Crippen molar-refractivity contribution in [3.63, 3.8) is 0 Å².